The second-order valence-electron chi connectivity index (χ2n) is 3.88. The van der Waals surface area contributed by atoms with Crippen molar-refractivity contribution in [2.45, 2.75) is 25.1 Å². The summed E-state index contributed by atoms with van der Waals surface area (Å²) in [4.78, 5) is 18.1. The number of aromatic nitrogens is 2. The summed E-state index contributed by atoms with van der Waals surface area (Å²) < 4.78 is 14.1. The second-order valence-corrected chi connectivity index (χ2v) is 5.25. The third-order valence-electron chi connectivity index (χ3n) is 2.69. The van der Waals surface area contributed by atoms with E-state index in [0.29, 0.717) is 23.1 Å². The maximum atomic E-state index is 14.1. The monoisotopic (exact) mass is 298 g/mol. The molecule has 0 spiro atoms. The predicted molar refractivity (Wildman–Crippen MR) is 69.0 cm³/mol. The molecule has 0 saturated heterocycles. The van der Waals surface area contributed by atoms with E-state index >= 15 is 0 Å². The van der Waals surface area contributed by atoms with Crippen LogP contribution in [0.15, 0.2) is 17.1 Å². The Balaban J connectivity index is 2.79. The second kappa shape index (κ2) is 4.56. The Morgan fingerprint density at radius 1 is 1.59 bits per heavy atom. The van der Waals surface area contributed by atoms with E-state index in [-0.39, 0.29) is 15.9 Å². The maximum Gasteiger partial charge on any atom is 0.251 e. The third-order valence-corrected chi connectivity index (χ3v) is 3.13. The topological polar surface area (TPSA) is 45.8 Å². The Bertz CT molecular complexity index is 622. The molecule has 0 aliphatic heterocycles. The summed E-state index contributed by atoms with van der Waals surface area (Å²) >= 11 is 3.27. The van der Waals surface area contributed by atoms with Crippen LogP contribution in [0.3, 0.4) is 0 Å². The predicted octanol–water partition coefficient (Wildman–Crippen LogP) is 3.08. The molecule has 2 heterocycles. The van der Waals surface area contributed by atoms with Crippen molar-refractivity contribution in [2.75, 3.05) is 0 Å². The molecule has 1 unspecified atom stereocenters. The van der Waals surface area contributed by atoms with Crippen molar-refractivity contribution in [1.82, 2.24) is 9.97 Å². The summed E-state index contributed by atoms with van der Waals surface area (Å²) in [6.07, 6.45) is 2.20. The summed E-state index contributed by atoms with van der Waals surface area (Å²) in [6.45, 7) is 3.67. The molecule has 2 rings (SSSR count). The minimum atomic E-state index is -0.466. The van der Waals surface area contributed by atoms with Crippen molar-refractivity contribution in [3.8, 4) is 0 Å². The highest BCUT2D eigenvalue weighted by Gasteiger charge is 2.14. The number of nitrogens with one attached hydrogen (secondary N) is 1. The molecule has 1 N–H and O–H groups in total. The molecule has 0 amide bonds. The van der Waals surface area contributed by atoms with Crippen LogP contribution in [-0.4, -0.2) is 9.97 Å². The minimum Gasteiger partial charge on any atom is -0.319 e. The van der Waals surface area contributed by atoms with Gasteiger partial charge in [0, 0.05) is 17.1 Å². The summed E-state index contributed by atoms with van der Waals surface area (Å²) in [5.74, 6) is -0.466. The highest BCUT2D eigenvalue weighted by Crippen LogP contribution is 2.26. The fourth-order valence-electron chi connectivity index (χ4n) is 1.74. The molecular formula is C12H12BrFN2O. The van der Waals surface area contributed by atoms with E-state index in [0.717, 1.165) is 0 Å². The third kappa shape index (κ3) is 2.11. The van der Waals surface area contributed by atoms with Gasteiger partial charge in [0.1, 0.15) is 0 Å². The Kier molecular flexibility index (Phi) is 3.28. The standard InChI is InChI=1S/C12H12BrFN2O/c1-3-7-4-8-5-15-10(6(2)13)9(14)11(8)16-12(7)17/h4-6H,3H2,1-2H3,(H,16,17). The number of halogens is 2. The SMILES string of the molecule is CCc1cc2cnc(C(C)Br)c(F)c2[nH]c1=O. The lowest BCUT2D eigenvalue weighted by Gasteiger charge is -2.08. The van der Waals surface area contributed by atoms with Crippen LogP contribution in [0.5, 0.6) is 0 Å². The van der Waals surface area contributed by atoms with Crippen LogP contribution in [0.2, 0.25) is 0 Å². The van der Waals surface area contributed by atoms with Crippen LogP contribution in [-0.2, 0) is 6.42 Å². The van der Waals surface area contributed by atoms with Crippen molar-refractivity contribution >= 4 is 26.8 Å². The Morgan fingerprint density at radius 3 is 2.88 bits per heavy atom. The number of fused-ring (bicyclic) bond motifs is 1. The van der Waals surface area contributed by atoms with Crippen LogP contribution in [0.4, 0.5) is 4.39 Å². The molecule has 90 valence electrons. The van der Waals surface area contributed by atoms with Gasteiger partial charge in [-0.2, -0.15) is 0 Å². The summed E-state index contributed by atoms with van der Waals surface area (Å²) in [5, 5.41) is 0.621. The Labute approximate surface area is 106 Å². The van der Waals surface area contributed by atoms with E-state index in [4.69, 9.17) is 0 Å². The van der Waals surface area contributed by atoms with Crippen LogP contribution in [0.25, 0.3) is 10.9 Å². The highest BCUT2D eigenvalue weighted by atomic mass is 79.9. The molecule has 2 aromatic heterocycles. The molecule has 1 atom stereocenters. The van der Waals surface area contributed by atoms with Gasteiger partial charge in [0.15, 0.2) is 5.82 Å². The van der Waals surface area contributed by atoms with Crippen LogP contribution >= 0.6 is 15.9 Å². The first-order valence-corrected chi connectivity index (χ1v) is 6.30. The first-order chi connectivity index (χ1) is 8.04. The molecule has 0 saturated carbocycles. The first kappa shape index (κ1) is 12.2. The minimum absolute atomic E-state index is 0.193. The number of H-pyrrole nitrogens is 1. The molecule has 3 nitrogen and oxygen atoms in total. The van der Waals surface area contributed by atoms with E-state index in [1.54, 1.807) is 19.2 Å². The van der Waals surface area contributed by atoms with Crippen molar-refractivity contribution in [2.24, 2.45) is 0 Å². The number of rotatable bonds is 2. The van der Waals surface area contributed by atoms with E-state index in [1.807, 2.05) is 6.92 Å². The zero-order valence-corrected chi connectivity index (χ0v) is 11.1. The van der Waals surface area contributed by atoms with Gasteiger partial charge < -0.3 is 4.98 Å². The number of pyridine rings is 2. The lowest BCUT2D eigenvalue weighted by atomic mass is 10.1. The van der Waals surface area contributed by atoms with Crippen LogP contribution in [0, 0.1) is 5.82 Å². The van der Waals surface area contributed by atoms with Crippen molar-refractivity contribution in [3.63, 3.8) is 0 Å². The summed E-state index contributed by atoms with van der Waals surface area (Å²) in [7, 11) is 0. The van der Waals surface area contributed by atoms with Gasteiger partial charge in [-0.05, 0) is 19.4 Å². The lowest BCUT2D eigenvalue weighted by Crippen LogP contribution is -2.13. The van der Waals surface area contributed by atoms with Gasteiger partial charge in [-0.15, -0.1) is 0 Å². The molecule has 0 fully saturated rings. The van der Waals surface area contributed by atoms with Gasteiger partial charge >= 0.3 is 0 Å². The van der Waals surface area contributed by atoms with Gasteiger partial charge in [0.05, 0.1) is 16.0 Å². The lowest BCUT2D eigenvalue weighted by molar-refractivity contribution is 0.610. The van der Waals surface area contributed by atoms with Gasteiger partial charge in [-0.1, -0.05) is 22.9 Å². The molecule has 17 heavy (non-hydrogen) atoms. The van der Waals surface area contributed by atoms with Crippen LogP contribution < -0.4 is 5.56 Å². The Morgan fingerprint density at radius 2 is 2.29 bits per heavy atom. The number of alkyl halides is 1. The molecule has 0 bridgehead atoms. The molecular weight excluding hydrogens is 287 g/mol. The van der Waals surface area contributed by atoms with E-state index in [9.17, 15) is 9.18 Å². The fraction of sp³-hybridized carbons (Fsp3) is 0.333. The zero-order chi connectivity index (χ0) is 12.6. The highest BCUT2D eigenvalue weighted by molar-refractivity contribution is 9.09. The molecule has 0 aromatic carbocycles. The quantitative estimate of drug-likeness (QED) is 0.866. The number of hydrogen-bond donors (Lipinski definition) is 1. The summed E-state index contributed by atoms with van der Waals surface area (Å²) in [6, 6.07) is 1.69. The van der Waals surface area contributed by atoms with Gasteiger partial charge in [0.2, 0.25) is 0 Å². The van der Waals surface area contributed by atoms with E-state index in [2.05, 4.69) is 25.9 Å². The molecule has 5 heteroatoms. The van der Waals surface area contributed by atoms with Crippen molar-refractivity contribution in [3.05, 3.63) is 39.7 Å². The zero-order valence-electron chi connectivity index (χ0n) is 9.55. The fourth-order valence-corrected chi connectivity index (χ4v) is 2.06. The van der Waals surface area contributed by atoms with Crippen molar-refractivity contribution in [1.29, 1.82) is 0 Å². The molecule has 0 aliphatic rings. The van der Waals surface area contributed by atoms with E-state index < -0.39 is 5.82 Å². The van der Waals surface area contributed by atoms with Gasteiger partial charge in [0.25, 0.3) is 5.56 Å². The number of nitrogens with zero attached hydrogens (tertiary/aromatic N) is 1. The number of aryl methyl sites for hydroxylation is 1. The number of aromatic amines is 1. The average Bonchev–Trinajstić information content (AvgIpc) is 2.29. The first-order valence-electron chi connectivity index (χ1n) is 5.39. The van der Waals surface area contributed by atoms with E-state index in [1.165, 1.54) is 0 Å². The molecule has 0 aliphatic carbocycles. The van der Waals surface area contributed by atoms with Gasteiger partial charge in [-0.3, -0.25) is 9.78 Å². The average molecular weight is 299 g/mol. The van der Waals surface area contributed by atoms with Crippen molar-refractivity contribution < 1.29 is 4.39 Å². The smallest absolute Gasteiger partial charge is 0.251 e. The maximum absolute atomic E-state index is 14.1. The van der Waals surface area contributed by atoms with Gasteiger partial charge in [-0.25, -0.2) is 4.39 Å². The Hall–Kier alpha value is -1.23. The molecule has 0 radical (unpaired) electrons. The number of hydrogen-bond acceptors (Lipinski definition) is 2. The normalized spacial score (nSPS) is 12.9. The largest absolute Gasteiger partial charge is 0.319 e. The molecule has 2 aromatic rings. The summed E-state index contributed by atoms with van der Waals surface area (Å²) in [5.41, 5.74) is 0.928. The van der Waals surface area contributed by atoms with Crippen LogP contribution in [0.1, 0.15) is 29.9 Å².